The molecule has 2 aromatic rings. The van der Waals surface area contributed by atoms with Crippen molar-refractivity contribution in [2.24, 2.45) is 0 Å². The van der Waals surface area contributed by atoms with Gasteiger partial charge in [-0.1, -0.05) is 24.3 Å². The Kier molecular flexibility index (Phi) is 4.49. The van der Waals surface area contributed by atoms with E-state index in [2.05, 4.69) is 9.47 Å². The summed E-state index contributed by atoms with van der Waals surface area (Å²) in [6.07, 6.45) is -6.45. The van der Waals surface area contributed by atoms with Crippen LogP contribution >= 0.6 is 0 Å². The van der Waals surface area contributed by atoms with Crippen molar-refractivity contribution in [2.45, 2.75) is 6.18 Å². The molecule has 0 heterocycles. The van der Waals surface area contributed by atoms with Crippen LogP contribution in [0.4, 0.5) is 23.7 Å². The van der Waals surface area contributed by atoms with Crippen molar-refractivity contribution in [1.29, 1.82) is 0 Å². The average molecular weight is 327 g/mol. The summed E-state index contributed by atoms with van der Waals surface area (Å²) in [5.41, 5.74) is -2.44. The van der Waals surface area contributed by atoms with Crippen LogP contribution < -0.4 is 9.47 Å². The van der Waals surface area contributed by atoms with Gasteiger partial charge < -0.3 is 9.47 Å². The maximum absolute atomic E-state index is 12.9. The zero-order valence-corrected chi connectivity index (χ0v) is 11.2. The van der Waals surface area contributed by atoms with E-state index in [4.69, 9.17) is 0 Å². The van der Waals surface area contributed by atoms with Crippen LogP contribution in [0.1, 0.15) is 5.56 Å². The first-order valence-electron chi connectivity index (χ1n) is 6.08. The average Bonchev–Trinajstić information content (AvgIpc) is 2.47. The number of hydrogen-bond donors (Lipinski definition) is 0. The third kappa shape index (κ3) is 3.96. The first-order valence-corrected chi connectivity index (χ1v) is 6.08. The molecule has 0 aliphatic carbocycles. The Morgan fingerprint density at radius 3 is 2.22 bits per heavy atom. The maximum Gasteiger partial charge on any atom is 0.519 e. The van der Waals surface area contributed by atoms with Gasteiger partial charge in [0.05, 0.1) is 4.92 Å². The highest BCUT2D eigenvalue weighted by Crippen LogP contribution is 2.41. The van der Waals surface area contributed by atoms with Crippen LogP contribution in [0.3, 0.4) is 0 Å². The second kappa shape index (κ2) is 6.34. The summed E-state index contributed by atoms with van der Waals surface area (Å²) in [4.78, 5) is 21.4. The van der Waals surface area contributed by atoms with Crippen molar-refractivity contribution in [3.05, 3.63) is 64.2 Å². The van der Waals surface area contributed by atoms with Crippen molar-refractivity contribution in [1.82, 2.24) is 0 Å². The summed E-state index contributed by atoms with van der Waals surface area (Å²) in [5.74, 6) is -1.20. The third-order valence-corrected chi connectivity index (χ3v) is 2.63. The van der Waals surface area contributed by atoms with E-state index in [0.29, 0.717) is 6.07 Å². The zero-order chi connectivity index (χ0) is 17.0. The molecule has 9 heteroatoms. The first-order chi connectivity index (χ1) is 10.8. The van der Waals surface area contributed by atoms with Gasteiger partial charge in [0.25, 0.3) is 0 Å². The van der Waals surface area contributed by atoms with Gasteiger partial charge in [-0.2, -0.15) is 13.2 Å². The molecule has 0 bridgehead atoms. The number of nitrogens with zero attached hydrogens (tertiary/aromatic N) is 1. The lowest BCUT2D eigenvalue weighted by Gasteiger charge is -2.12. The molecule has 23 heavy (non-hydrogen) atoms. The molecular formula is C14H8F3NO5. The number of hydrogen-bond acceptors (Lipinski definition) is 5. The van der Waals surface area contributed by atoms with E-state index in [1.54, 1.807) is 6.07 Å². The molecule has 0 radical (unpaired) electrons. The van der Waals surface area contributed by atoms with E-state index in [-0.39, 0.29) is 5.75 Å². The van der Waals surface area contributed by atoms with Gasteiger partial charge in [-0.15, -0.1) is 0 Å². The number of carbonyl (C=O) groups is 1. The summed E-state index contributed by atoms with van der Waals surface area (Å²) in [6, 6.07) is 9.61. The summed E-state index contributed by atoms with van der Waals surface area (Å²) in [7, 11) is 0. The summed E-state index contributed by atoms with van der Waals surface area (Å²) in [5, 5.41) is 10.8. The van der Waals surface area contributed by atoms with Crippen LogP contribution in [-0.2, 0) is 6.18 Å². The van der Waals surface area contributed by atoms with Gasteiger partial charge in [0.15, 0.2) is 0 Å². The van der Waals surface area contributed by atoms with Crippen LogP contribution in [0.2, 0.25) is 0 Å². The Bertz CT molecular complexity index is 731. The monoisotopic (exact) mass is 327 g/mol. The van der Waals surface area contributed by atoms with Gasteiger partial charge in [-0.05, 0) is 18.2 Å². The van der Waals surface area contributed by atoms with E-state index in [1.807, 2.05) is 0 Å². The molecule has 0 atom stereocenters. The largest absolute Gasteiger partial charge is 0.519 e. The fraction of sp³-hybridized carbons (Fsp3) is 0.0714. The number of ether oxygens (including phenoxy) is 2. The summed E-state index contributed by atoms with van der Waals surface area (Å²) in [6.45, 7) is 0. The zero-order valence-electron chi connectivity index (χ0n) is 11.2. The molecule has 0 aromatic heterocycles. The Hall–Kier alpha value is -3.10. The Morgan fingerprint density at radius 1 is 1.00 bits per heavy atom. The van der Waals surface area contributed by atoms with Crippen LogP contribution in [-0.4, -0.2) is 11.1 Å². The molecule has 6 nitrogen and oxygen atoms in total. The molecule has 0 unspecified atom stereocenters. The van der Waals surface area contributed by atoms with Gasteiger partial charge in [-0.25, -0.2) is 4.79 Å². The highest BCUT2D eigenvalue weighted by molar-refractivity contribution is 5.70. The normalized spacial score (nSPS) is 10.9. The van der Waals surface area contributed by atoms with Crippen molar-refractivity contribution >= 4 is 11.8 Å². The van der Waals surface area contributed by atoms with Crippen molar-refractivity contribution < 1.29 is 32.4 Å². The number of benzene rings is 2. The number of halogens is 3. The van der Waals surface area contributed by atoms with Crippen molar-refractivity contribution in [3.8, 4) is 11.5 Å². The minimum absolute atomic E-state index is 0.0182. The number of alkyl halides is 3. The smallest absolute Gasteiger partial charge is 0.395 e. The Labute approximate surface area is 127 Å². The lowest BCUT2D eigenvalue weighted by atomic mass is 10.1. The summed E-state index contributed by atoms with van der Waals surface area (Å²) >= 11 is 0. The van der Waals surface area contributed by atoms with Gasteiger partial charge in [0.2, 0.25) is 5.75 Å². The molecule has 0 N–H and O–H groups in total. The quantitative estimate of drug-likeness (QED) is 0.365. The molecule has 0 saturated carbocycles. The van der Waals surface area contributed by atoms with Crippen LogP contribution in [0.15, 0.2) is 48.5 Å². The number of carbonyl (C=O) groups excluding carboxylic acids is 1. The van der Waals surface area contributed by atoms with E-state index in [9.17, 15) is 28.1 Å². The third-order valence-electron chi connectivity index (χ3n) is 2.63. The van der Waals surface area contributed by atoms with Gasteiger partial charge in [-0.3, -0.25) is 10.1 Å². The molecule has 0 saturated heterocycles. The number of para-hydroxylation sites is 2. The Balaban J connectivity index is 2.34. The standard InChI is InChI=1S/C14H8F3NO5/c15-14(16,17)10-7-4-8-11(18(20)21)12(10)23-13(19)22-9-5-2-1-3-6-9/h1-8H. The van der Waals surface area contributed by atoms with E-state index < -0.39 is 34.3 Å². The van der Waals surface area contributed by atoms with Gasteiger partial charge >= 0.3 is 18.0 Å². The molecular weight excluding hydrogens is 319 g/mol. The van der Waals surface area contributed by atoms with E-state index in [1.165, 1.54) is 24.3 Å². The van der Waals surface area contributed by atoms with Crippen LogP contribution in [0.5, 0.6) is 11.5 Å². The van der Waals surface area contributed by atoms with E-state index in [0.717, 1.165) is 12.1 Å². The van der Waals surface area contributed by atoms with Crippen molar-refractivity contribution in [3.63, 3.8) is 0 Å². The van der Waals surface area contributed by atoms with Crippen molar-refractivity contribution in [2.75, 3.05) is 0 Å². The highest BCUT2D eigenvalue weighted by Gasteiger charge is 2.39. The molecule has 2 aromatic carbocycles. The molecule has 0 aliphatic heterocycles. The lowest BCUT2D eigenvalue weighted by molar-refractivity contribution is -0.385. The minimum Gasteiger partial charge on any atom is -0.395 e. The molecule has 0 spiro atoms. The fourth-order valence-corrected chi connectivity index (χ4v) is 1.69. The topological polar surface area (TPSA) is 78.7 Å². The van der Waals surface area contributed by atoms with Crippen LogP contribution in [0, 0.1) is 10.1 Å². The van der Waals surface area contributed by atoms with Crippen LogP contribution in [0.25, 0.3) is 0 Å². The fourth-order valence-electron chi connectivity index (χ4n) is 1.69. The molecule has 120 valence electrons. The molecule has 0 fully saturated rings. The predicted molar refractivity (Wildman–Crippen MR) is 71.2 cm³/mol. The summed E-state index contributed by atoms with van der Waals surface area (Å²) < 4.78 is 47.9. The minimum atomic E-state index is -4.94. The first kappa shape index (κ1) is 16.3. The maximum atomic E-state index is 12.9. The second-order valence-corrected chi connectivity index (χ2v) is 4.18. The number of nitro groups is 1. The molecule has 0 aliphatic rings. The van der Waals surface area contributed by atoms with Gasteiger partial charge in [0.1, 0.15) is 11.3 Å². The Morgan fingerprint density at radius 2 is 1.65 bits per heavy atom. The SMILES string of the molecule is O=C(Oc1ccccc1)Oc1c([N+](=O)[O-])cccc1C(F)(F)F. The van der Waals surface area contributed by atoms with E-state index >= 15 is 0 Å². The highest BCUT2D eigenvalue weighted by atomic mass is 19.4. The predicted octanol–water partition coefficient (Wildman–Crippen LogP) is 4.19. The molecule has 2 rings (SSSR count). The number of rotatable bonds is 3. The number of nitro benzene ring substituents is 1. The second-order valence-electron chi connectivity index (χ2n) is 4.18. The lowest BCUT2D eigenvalue weighted by Crippen LogP contribution is -2.18. The van der Waals surface area contributed by atoms with Gasteiger partial charge in [0, 0.05) is 6.07 Å². The molecule has 0 amide bonds.